The fourth-order valence-electron chi connectivity index (χ4n) is 1.54. The van der Waals surface area contributed by atoms with Gasteiger partial charge in [0.05, 0.1) is 10.0 Å². The molecule has 3 N–H and O–H groups in total. The van der Waals surface area contributed by atoms with E-state index in [1.807, 2.05) is 0 Å². The second-order valence-electron chi connectivity index (χ2n) is 3.81. The monoisotopic (exact) mass is 268 g/mol. The maximum atomic E-state index is 11.8. The number of rotatable bonds is 2. The molecule has 1 aromatic carbocycles. The third kappa shape index (κ3) is 2.15. The van der Waals surface area contributed by atoms with E-state index in [4.69, 9.17) is 5.73 Å². The maximum Gasteiger partial charge on any atom is 0.252 e. The second-order valence-corrected chi connectivity index (χ2v) is 4.60. The number of halogens is 1. The van der Waals surface area contributed by atoms with E-state index in [0.29, 0.717) is 21.8 Å². The molecule has 1 aromatic rings. The van der Waals surface area contributed by atoms with Gasteiger partial charge < -0.3 is 11.1 Å². The first kappa shape index (κ1) is 10.5. The number of carbonyl (C=O) groups is 1. The Morgan fingerprint density at radius 3 is 2.80 bits per heavy atom. The lowest BCUT2D eigenvalue weighted by Crippen LogP contribution is -2.39. The van der Waals surface area contributed by atoms with Gasteiger partial charge in [-0.2, -0.15) is 0 Å². The van der Waals surface area contributed by atoms with Crippen molar-refractivity contribution in [1.82, 2.24) is 5.32 Å². The molecule has 0 aromatic heterocycles. The number of nitrogens with one attached hydrogen (secondary N) is 1. The van der Waals surface area contributed by atoms with Crippen molar-refractivity contribution < 1.29 is 4.79 Å². The predicted octanol–water partition coefficient (Wildman–Crippen LogP) is 2.31. The van der Waals surface area contributed by atoms with E-state index in [0.717, 1.165) is 12.8 Å². The Labute approximate surface area is 97.2 Å². The van der Waals surface area contributed by atoms with Crippen molar-refractivity contribution in [2.24, 2.45) is 0 Å². The number of carbonyl (C=O) groups excluding carboxylic acids is 1. The van der Waals surface area contributed by atoms with Crippen LogP contribution >= 0.6 is 15.9 Å². The van der Waals surface area contributed by atoms with Crippen LogP contribution in [-0.2, 0) is 0 Å². The van der Waals surface area contributed by atoms with Crippen LogP contribution in [0.4, 0.5) is 5.69 Å². The molecule has 1 fully saturated rings. The zero-order valence-electron chi connectivity index (χ0n) is 8.29. The topological polar surface area (TPSA) is 55.1 Å². The molecule has 80 valence electrons. The van der Waals surface area contributed by atoms with Crippen molar-refractivity contribution in [2.45, 2.75) is 25.3 Å². The van der Waals surface area contributed by atoms with Crippen molar-refractivity contribution in [1.29, 1.82) is 0 Å². The summed E-state index contributed by atoms with van der Waals surface area (Å²) < 4.78 is 0.682. The number of hydrogen-bond donors (Lipinski definition) is 2. The van der Waals surface area contributed by atoms with Crippen molar-refractivity contribution in [2.75, 3.05) is 5.73 Å². The second kappa shape index (κ2) is 4.23. The van der Waals surface area contributed by atoms with Crippen molar-refractivity contribution in [3.05, 3.63) is 28.2 Å². The molecule has 1 aliphatic rings. The Morgan fingerprint density at radius 1 is 1.47 bits per heavy atom. The number of amides is 1. The molecule has 3 nitrogen and oxygen atoms in total. The quantitative estimate of drug-likeness (QED) is 0.809. The van der Waals surface area contributed by atoms with Gasteiger partial charge in [-0.1, -0.05) is 6.07 Å². The molecule has 0 bridgehead atoms. The molecule has 1 amide bonds. The Bertz CT molecular complexity index is 388. The van der Waals surface area contributed by atoms with Gasteiger partial charge in [-0.15, -0.1) is 0 Å². The summed E-state index contributed by atoms with van der Waals surface area (Å²) in [7, 11) is 0. The van der Waals surface area contributed by atoms with Gasteiger partial charge in [-0.3, -0.25) is 4.79 Å². The summed E-state index contributed by atoms with van der Waals surface area (Å²) in [6.07, 6.45) is 3.39. The standard InChI is InChI=1S/C11H13BrN2O/c12-10-8(5-2-6-9(10)13)11(15)14-7-3-1-4-7/h2,5-7H,1,3-4,13H2,(H,14,15). The third-order valence-corrected chi connectivity index (χ3v) is 3.60. The Kier molecular flexibility index (Phi) is 2.95. The third-order valence-electron chi connectivity index (χ3n) is 2.71. The smallest absolute Gasteiger partial charge is 0.252 e. The highest BCUT2D eigenvalue weighted by molar-refractivity contribution is 9.10. The average Bonchev–Trinajstić information content (AvgIpc) is 2.15. The van der Waals surface area contributed by atoms with Crippen LogP contribution in [0, 0.1) is 0 Å². The Hall–Kier alpha value is -1.03. The van der Waals surface area contributed by atoms with Crippen LogP contribution in [0.5, 0.6) is 0 Å². The maximum absolute atomic E-state index is 11.8. The molecule has 1 saturated carbocycles. The number of hydrogen-bond acceptors (Lipinski definition) is 2. The Balaban J connectivity index is 2.13. The molecular formula is C11H13BrN2O. The first-order valence-electron chi connectivity index (χ1n) is 5.03. The largest absolute Gasteiger partial charge is 0.398 e. The minimum atomic E-state index is -0.0427. The SMILES string of the molecule is Nc1cccc(C(=O)NC2CCC2)c1Br. The molecule has 2 rings (SSSR count). The molecule has 0 saturated heterocycles. The lowest BCUT2D eigenvalue weighted by atomic mass is 9.93. The van der Waals surface area contributed by atoms with Crippen LogP contribution < -0.4 is 11.1 Å². The summed E-state index contributed by atoms with van der Waals surface area (Å²) in [6.45, 7) is 0. The van der Waals surface area contributed by atoms with Crippen LogP contribution in [0.1, 0.15) is 29.6 Å². The molecule has 0 aliphatic heterocycles. The average molecular weight is 269 g/mol. The summed E-state index contributed by atoms with van der Waals surface area (Å²) >= 11 is 3.32. The lowest BCUT2D eigenvalue weighted by molar-refractivity contribution is 0.0916. The van der Waals surface area contributed by atoms with E-state index in [1.165, 1.54) is 6.42 Å². The lowest BCUT2D eigenvalue weighted by Gasteiger charge is -2.26. The molecule has 1 aliphatic carbocycles. The van der Waals surface area contributed by atoms with E-state index in [-0.39, 0.29) is 5.91 Å². The van der Waals surface area contributed by atoms with Gasteiger partial charge in [0.25, 0.3) is 5.91 Å². The highest BCUT2D eigenvalue weighted by Gasteiger charge is 2.21. The molecule has 4 heteroatoms. The summed E-state index contributed by atoms with van der Waals surface area (Å²) in [4.78, 5) is 11.8. The normalized spacial score (nSPS) is 15.8. The fraction of sp³-hybridized carbons (Fsp3) is 0.364. The van der Waals surface area contributed by atoms with E-state index in [2.05, 4.69) is 21.2 Å². The molecule has 0 heterocycles. The molecular weight excluding hydrogens is 256 g/mol. The first-order valence-corrected chi connectivity index (χ1v) is 5.82. The van der Waals surface area contributed by atoms with Crippen LogP contribution in [0.3, 0.4) is 0 Å². The molecule has 15 heavy (non-hydrogen) atoms. The summed E-state index contributed by atoms with van der Waals surface area (Å²) in [6, 6.07) is 5.68. The van der Waals surface area contributed by atoms with Crippen LogP contribution in [0.15, 0.2) is 22.7 Å². The van der Waals surface area contributed by atoms with Crippen LogP contribution in [-0.4, -0.2) is 11.9 Å². The molecule has 0 radical (unpaired) electrons. The number of nitrogen functional groups attached to an aromatic ring is 1. The zero-order chi connectivity index (χ0) is 10.8. The van der Waals surface area contributed by atoms with Crippen LogP contribution in [0.25, 0.3) is 0 Å². The van der Waals surface area contributed by atoms with Crippen molar-refractivity contribution in [3.8, 4) is 0 Å². The number of nitrogens with two attached hydrogens (primary N) is 1. The number of benzene rings is 1. The van der Waals surface area contributed by atoms with Gasteiger partial charge in [-0.25, -0.2) is 0 Å². The van der Waals surface area contributed by atoms with E-state index in [1.54, 1.807) is 18.2 Å². The summed E-state index contributed by atoms with van der Waals surface area (Å²) in [5.74, 6) is -0.0427. The van der Waals surface area contributed by atoms with Gasteiger partial charge in [0.15, 0.2) is 0 Å². The minimum Gasteiger partial charge on any atom is -0.398 e. The fourth-order valence-corrected chi connectivity index (χ4v) is 1.99. The molecule has 0 unspecified atom stereocenters. The summed E-state index contributed by atoms with van der Waals surface area (Å²) in [5.41, 5.74) is 6.92. The van der Waals surface area contributed by atoms with Gasteiger partial charge >= 0.3 is 0 Å². The van der Waals surface area contributed by atoms with Gasteiger partial charge in [0.1, 0.15) is 0 Å². The van der Waals surface area contributed by atoms with Crippen LogP contribution in [0.2, 0.25) is 0 Å². The first-order chi connectivity index (χ1) is 7.18. The van der Waals surface area contributed by atoms with E-state index < -0.39 is 0 Å². The highest BCUT2D eigenvalue weighted by Crippen LogP contribution is 2.25. The van der Waals surface area contributed by atoms with Crippen molar-refractivity contribution in [3.63, 3.8) is 0 Å². The number of anilines is 1. The molecule has 0 spiro atoms. The van der Waals surface area contributed by atoms with Gasteiger partial charge in [0, 0.05) is 11.7 Å². The summed E-state index contributed by atoms with van der Waals surface area (Å²) in [5, 5.41) is 2.98. The predicted molar refractivity (Wildman–Crippen MR) is 63.7 cm³/mol. The Morgan fingerprint density at radius 2 is 2.20 bits per heavy atom. The van der Waals surface area contributed by atoms with Gasteiger partial charge in [-0.05, 0) is 47.3 Å². The minimum absolute atomic E-state index is 0.0427. The molecule has 0 atom stereocenters. The van der Waals surface area contributed by atoms with E-state index >= 15 is 0 Å². The van der Waals surface area contributed by atoms with E-state index in [9.17, 15) is 4.79 Å². The highest BCUT2D eigenvalue weighted by atomic mass is 79.9. The van der Waals surface area contributed by atoms with Gasteiger partial charge in [0.2, 0.25) is 0 Å². The van der Waals surface area contributed by atoms with Crippen molar-refractivity contribution >= 4 is 27.5 Å². The zero-order valence-corrected chi connectivity index (χ0v) is 9.88.